The molecule has 0 aliphatic carbocycles. The fourth-order valence-electron chi connectivity index (χ4n) is 2.79. The minimum absolute atomic E-state index is 0.466. The topological polar surface area (TPSA) is 99.8 Å². The number of nitrogens with two attached hydrogens (primary N) is 1. The number of rotatable bonds is 5. The van der Waals surface area contributed by atoms with Crippen molar-refractivity contribution in [3.8, 4) is 22.1 Å². The van der Waals surface area contributed by atoms with Gasteiger partial charge in [0, 0.05) is 23.5 Å². The van der Waals surface area contributed by atoms with Crippen molar-refractivity contribution in [2.24, 2.45) is 5.73 Å². The third-order valence-corrected chi connectivity index (χ3v) is 4.94. The maximum absolute atomic E-state index is 11.8. The number of amides is 1. The van der Waals surface area contributed by atoms with Crippen LogP contribution in [0.2, 0.25) is 0 Å². The van der Waals surface area contributed by atoms with E-state index in [4.69, 9.17) is 10.2 Å². The molecule has 8 heteroatoms. The predicted octanol–water partition coefficient (Wildman–Crippen LogP) is 3.12. The van der Waals surface area contributed by atoms with Crippen LogP contribution in [0.5, 0.6) is 0 Å². The molecule has 26 heavy (non-hydrogen) atoms. The van der Waals surface area contributed by atoms with Gasteiger partial charge in [0.15, 0.2) is 0 Å². The van der Waals surface area contributed by atoms with E-state index in [0.717, 1.165) is 27.8 Å². The summed E-state index contributed by atoms with van der Waals surface area (Å²) in [6.45, 7) is 2.35. The summed E-state index contributed by atoms with van der Waals surface area (Å²) in [5.41, 5.74) is 9.04. The molecule has 4 rings (SSSR count). The second-order valence-electron chi connectivity index (χ2n) is 5.69. The van der Waals surface area contributed by atoms with Gasteiger partial charge in [-0.1, -0.05) is 0 Å². The van der Waals surface area contributed by atoms with E-state index in [0.29, 0.717) is 17.8 Å². The first-order valence-electron chi connectivity index (χ1n) is 7.88. The van der Waals surface area contributed by atoms with Crippen LogP contribution in [0.15, 0.2) is 52.9 Å². The van der Waals surface area contributed by atoms with Crippen molar-refractivity contribution >= 4 is 17.2 Å². The lowest BCUT2D eigenvalue weighted by Gasteiger charge is -2.08. The number of primary amides is 1. The van der Waals surface area contributed by atoms with Crippen LogP contribution in [-0.4, -0.2) is 25.4 Å². The maximum atomic E-state index is 11.8. The van der Waals surface area contributed by atoms with E-state index in [1.807, 2.05) is 29.0 Å². The lowest BCUT2D eigenvalue weighted by atomic mass is 10.2. The second kappa shape index (κ2) is 6.57. The minimum Gasteiger partial charge on any atom is -0.467 e. The Hall–Kier alpha value is -3.26. The molecule has 7 nitrogen and oxygen atoms in total. The Labute approximate surface area is 153 Å². The van der Waals surface area contributed by atoms with Crippen LogP contribution in [0.4, 0.5) is 0 Å². The third-order valence-electron chi connectivity index (χ3n) is 4.07. The number of hydrogen-bond donors (Lipinski definition) is 1. The Morgan fingerprint density at radius 3 is 2.92 bits per heavy atom. The van der Waals surface area contributed by atoms with Gasteiger partial charge in [0.05, 0.1) is 36.0 Å². The fourth-order valence-corrected chi connectivity index (χ4v) is 3.56. The average molecular weight is 365 g/mol. The summed E-state index contributed by atoms with van der Waals surface area (Å²) in [6.07, 6.45) is 6.54. The Bertz CT molecular complexity index is 1050. The number of hydrogen-bond acceptors (Lipinski definition) is 6. The van der Waals surface area contributed by atoms with Gasteiger partial charge in [-0.2, -0.15) is 0 Å². The first kappa shape index (κ1) is 16.2. The zero-order chi connectivity index (χ0) is 18.1. The molecule has 0 saturated heterocycles. The molecule has 4 heterocycles. The maximum Gasteiger partial charge on any atom is 0.250 e. The Balaban J connectivity index is 1.79. The van der Waals surface area contributed by atoms with Crippen LogP contribution >= 0.6 is 11.3 Å². The van der Waals surface area contributed by atoms with Crippen molar-refractivity contribution in [3.05, 3.63) is 65.5 Å². The van der Waals surface area contributed by atoms with Crippen molar-refractivity contribution in [1.29, 1.82) is 0 Å². The molecule has 0 spiro atoms. The summed E-state index contributed by atoms with van der Waals surface area (Å²) >= 11 is 1.47. The summed E-state index contributed by atoms with van der Waals surface area (Å²) in [4.78, 5) is 24.8. The molecule has 4 aromatic rings. The number of aromatic nitrogens is 4. The summed E-state index contributed by atoms with van der Waals surface area (Å²) in [5, 5.41) is 2.69. The Morgan fingerprint density at radius 1 is 1.35 bits per heavy atom. The molecule has 0 saturated carbocycles. The molecular formula is C18H15N5O2S. The molecule has 0 aliphatic rings. The van der Waals surface area contributed by atoms with Crippen molar-refractivity contribution in [2.75, 3.05) is 0 Å². The van der Waals surface area contributed by atoms with Crippen molar-refractivity contribution < 1.29 is 9.21 Å². The normalized spacial score (nSPS) is 11.0. The SMILES string of the molecule is Cc1c(C(N)=O)cc(-c2csc(-c3cnccn3)n2)n1Cc1ccco1. The summed E-state index contributed by atoms with van der Waals surface area (Å²) in [6, 6.07) is 5.49. The highest BCUT2D eigenvalue weighted by Gasteiger charge is 2.20. The molecule has 0 fully saturated rings. The lowest BCUT2D eigenvalue weighted by molar-refractivity contribution is 0.0999. The van der Waals surface area contributed by atoms with Gasteiger partial charge in [-0.25, -0.2) is 4.98 Å². The molecule has 0 radical (unpaired) electrons. The van der Waals surface area contributed by atoms with Gasteiger partial charge in [-0.05, 0) is 25.1 Å². The predicted molar refractivity (Wildman–Crippen MR) is 97.6 cm³/mol. The number of thiazole rings is 1. The van der Waals surface area contributed by atoms with Crippen LogP contribution in [0.25, 0.3) is 22.1 Å². The average Bonchev–Trinajstić information content (AvgIpc) is 3.38. The zero-order valence-corrected chi connectivity index (χ0v) is 14.7. The highest BCUT2D eigenvalue weighted by molar-refractivity contribution is 7.13. The lowest BCUT2D eigenvalue weighted by Crippen LogP contribution is -2.12. The monoisotopic (exact) mass is 365 g/mol. The van der Waals surface area contributed by atoms with Crippen molar-refractivity contribution in [2.45, 2.75) is 13.5 Å². The summed E-state index contributed by atoms with van der Waals surface area (Å²) in [7, 11) is 0. The summed E-state index contributed by atoms with van der Waals surface area (Å²) in [5.74, 6) is 0.316. The quantitative estimate of drug-likeness (QED) is 0.586. The highest BCUT2D eigenvalue weighted by atomic mass is 32.1. The molecule has 0 bridgehead atoms. The first-order chi connectivity index (χ1) is 12.6. The number of nitrogens with zero attached hydrogens (tertiary/aromatic N) is 4. The van der Waals surface area contributed by atoms with E-state index in [2.05, 4.69) is 15.0 Å². The third kappa shape index (κ3) is 2.91. The minimum atomic E-state index is -0.466. The van der Waals surface area contributed by atoms with Gasteiger partial charge < -0.3 is 14.7 Å². The number of carbonyl (C=O) groups is 1. The van der Waals surface area contributed by atoms with E-state index in [1.165, 1.54) is 11.3 Å². The molecule has 0 aromatic carbocycles. The second-order valence-corrected chi connectivity index (χ2v) is 6.55. The van der Waals surface area contributed by atoms with Gasteiger partial charge in [0.1, 0.15) is 16.5 Å². The molecular weight excluding hydrogens is 350 g/mol. The van der Waals surface area contributed by atoms with Gasteiger partial charge >= 0.3 is 0 Å². The molecule has 0 aliphatic heterocycles. The number of furan rings is 1. The van der Waals surface area contributed by atoms with Crippen molar-refractivity contribution in [3.63, 3.8) is 0 Å². The summed E-state index contributed by atoms with van der Waals surface area (Å²) < 4.78 is 7.44. The van der Waals surface area contributed by atoms with E-state index >= 15 is 0 Å². The van der Waals surface area contributed by atoms with Crippen LogP contribution < -0.4 is 5.73 Å². The Morgan fingerprint density at radius 2 is 2.23 bits per heavy atom. The van der Waals surface area contributed by atoms with Gasteiger partial charge in [-0.3, -0.25) is 14.8 Å². The highest BCUT2D eigenvalue weighted by Crippen LogP contribution is 2.31. The molecule has 0 atom stereocenters. The number of carbonyl (C=O) groups excluding carboxylic acids is 1. The standard InChI is InChI=1S/C18H15N5O2S/c1-11-13(17(19)24)7-16(23(11)9-12-3-2-6-25-12)15-10-26-18(22-15)14-8-20-4-5-21-14/h2-8,10H,9H2,1H3,(H2,19,24). The van der Waals surface area contributed by atoms with Gasteiger partial charge in [0.25, 0.3) is 5.91 Å². The van der Waals surface area contributed by atoms with E-state index in [-0.39, 0.29) is 0 Å². The van der Waals surface area contributed by atoms with Crippen LogP contribution in [-0.2, 0) is 6.54 Å². The molecule has 4 aromatic heterocycles. The van der Waals surface area contributed by atoms with Crippen LogP contribution in [0, 0.1) is 6.92 Å². The zero-order valence-electron chi connectivity index (χ0n) is 13.9. The molecule has 0 unspecified atom stereocenters. The smallest absolute Gasteiger partial charge is 0.250 e. The van der Waals surface area contributed by atoms with Crippen molar-refractivity contribution in [1.82, 2.24) is 19.5 Å². The molecule has 2 N–H and O–H groups in total. The first-order valence-corrected chi connectivity index (χ1v) is 8.76. The fraction of sp³-hybridized carbons (Fsp3) is 0.111. The van der Waals surface area contributed by atoms with E-state index < -0.39 is 5.91 Å². The molecule has 1 amide bonds. The molecule has 130 valence electrons. The van der Waals surface area contributed by atoms with Crippen LogP contribution in [0.1, 0.15) is 21.8 Å². The largest absolute Gasteiger partial charge is 0.467 e. The van der Waals surface area contributed by atoms with E-state index in [9.17, 15) is 4.79 Å². The van der Waals surface area contributed by atoms with Crippen LogP contribution in [0.3, 0.4) is 0 Å². The van der Waals surface area contributed by atoms with Gasteiger partial charge in [-0.15, -0.1) is 11.3 Å². The van der Waals surface area contributed by atoms with Gasteiger partial charge in [0.2, 0.25) is 0 Å². The van der Waals surface area contributed by atoms with E-state index in [1.54, 1.807) is 30.9 Å². The Kier molecular flexibility index (Phi) is 4.10.